The standard InChI is InChI=1S/C14H18BrN5O/c1-14(2,3)16-13(21)9-20-18-12(17-19-20)8-10-5-4-6-11(15)7-10/h4-7H,8-9H2,1-3H3,(H,16,21). The molecular weight excluding hydrogens is 334 g/mol. The molecule has 6 nitrogen and oxygen atoms in total. The fraction of sp³-hybridized carbons (Fsp3) is 0.429. The Labute approximate surface area is 132 Å². The molecular formula is C14H18BrN5O. The van der Waals surface area contributed by atoms with Gasteiger partial charge in [0.05, 0.1) is 0 Å². The Balaban J connectivity index is 1.97. The minimum atomic E-state index is -0.267. The molecule has 21 heavy (non-hydrogen) atoms. The van der Waals surface area contributed by atoms with Crippen LogP contribution in [0, 0.1) is 0 Å². The number of hydrogen-bond acceptors (Lipinski definition) is 4. The molecule has 0 radical (unpaired) electrons. The van der Waals surface area contributed by atoms with Crippen LogP contribution >= 0.6 is 15.9 Å². The average Bonchev–Trinajstić information content (AvgIpc) is 2.73. The van der Waals surface area contributed by atoms with Gasteiger partial charge in [-0.1, -0.05) is 28.1 Å². The van der Waals surface area contributed by atoms with Crippen LogP contribution in [0.4, 0.5) is 0 Å². The van der Waals surface area contributed by atoms with E-state index < -0.39 is 0 Å². The van der Waals surface area contributed by atoms with Crippen LogP contribution in [-0.2, 0) is 17.8 Å². The maximum atomic E-state index is 11.8. The number of rotatable bonds is 4. The highest BCUT2D eigenvalue weighted by molar-refractivity contribution is 9.10. The smallest absolute Gasteiger partial charge is 0.244 e. The van der Waals surface area contributed by atoms with E-state index in [9.17, 15) is 4.79 Å². The summed E-state index contributed by atoms with van der Waals surface area (Å²) >= 11 is 3.43. The van der Waals surface area contributed by atoms with E-state index in [0.717, 1.165) is 10.0 Å². The number of halogens is 1. The Morgan fingerprint density at radius 3 is 2.81 bits per heavy atom. The van der Waals surface area contributed by atoms with Crippen molar-refractivity contribution in [1.29, 1.82) is 0 Å². The monoisotopic (exact) mass is 351 g/mol. The fourth-order valence-corrected chi connectivity index (χ4v) is 2.28. The molecule has 0 spiro atoms. The SMILES string of the molecule is CC(C)(C)NC(=O)Cn1nnc(Cc2cccc(Br)c2)n1. The average molecular weight is 352 g/mol. The van der Waals surface area contributed by atoms with Crippen molar-refractivity contribution in [1.82, 2.24) is 25.5 Å². The summed E-state index contributed by atoms with van der Waals surface area (Å²) in [5, 5.41) is 15.0. The maximum absolute atomic E-state index is 11.8. The lowest BCUT2D eigenvalue weighted by Crippen LogP contribution is -2.42. The lowest BCUT2D eigenvalue weighted by atomic mass is 10.1. The van der Waals surface area contributed by atoms with Gasteiger partial charge in [0, 0.05) is 16.4 Å². The minimum Gasteiger partial charge on any atom is -0.350 e. The number of tetrazole rings is 1. The van der Waals surface area contributed by atoms with Gasteiger partial charge < -0.3 is 5.32 Å². The zero-order valence-electron chi connectivity index (χ0n) is 12.3. The van der Waals surface area contributed by atoms with Crippen LogP contribution in [0.2, 0.25) is 0 Å². The van der Waals surface area contributed by atoms with Crippen LogP contribution in [0.1, 0.15) is 32.2 Å². The van der Waals surface area contributed by atoms with Crippen molar-refractivity contribution >= 4 is 21.8 Å². The van der Waals surface area contributed by atoms with Crippen molar-refractivity contribution in [3.63, 3.8) is 0 Å². The molecule has 0 saturated carbocycles. The zero-order valence-corrected chi connectivity index (χ0v) is 13.9. The van der Waals surface area contributed by atoms with Crippen molar-refractivity contribution in [3.05, 3.63) is 40.1 Å². The highest BCUT2D eigenvalue weighted by Gasteiger charge is 2.15. The van der Waals surface area contributed by atoms with Crippen LogP contribution in [0.3, 0.4) is 0 Å². The van der Waals surface area contributed by atoms with E-state index in [-0.39, 0.29) is 18.0 Å². The summed E-state index contributed by atoms with van der Waals surface area (Å²) in [5.41, 5.74) is 0.819. The van der Waals surface area contributed by atoms with E-state index in [0.29, 0.717) is 12.2 Å². The first-order valence-electron chi connectivity index (χ1n) is 6.64. The Bertz CT molecular complexity index is 632. The molecule has 0 aliphatic heterocycles. The number of carbonyl (C=O) groups is 1. The molecule has 112 valence electrons. The van der Waals surface area contributed by atoms with Gasteiger partial charge in [-0.3, -0.25) is 4.79 Å². The molecule has 2 aromatic rings. The molecule has 1 N–H and O–H groups in total. The molecule has 0 saturated heterocycles. The number of aromatic nitrogens is 4. The first-order valence-corrected chi connectivity index (χ1v) is 7.43. The van der Waals surface area contributed by atoms with E-state index in [2.05, 4.69) is 36.7 Å². The van der Waals surface area contributed by atoms with Crippen molar-refractivity contribution in [3.8, 4) is 0 Å². The molecule has 2 rings (SSSR count). The zero-order chi connectivity index (χ0) is 15.5. The molecule has 7 heteroatoms. The first-order chi connectivity index (χ1) is 9.82. The van der Waals surface area contributed by atoms with Gasteiger partial charge in [-0.05, 0) is 43.7 Å². The number of carbonyl (C=O) groups excluding carboxylic acids is 1. The van der Waals surface area contributed by atoms with Gasteiger partial charge in [-0.15, -0.1) is 10.2 Å². The second kappa shape index (κ2) is 6.34. The second-order valence-corrected chi connectivity index (χ2v) is 6.76. The minimum absolute atomic E-state index is 0.0722. The lowest BCUT2D eigenvalue weighted by molar-refractivity contribution is -0.123. The van der Waals surface area contributed by atoms with Crippen LogP contribution in [-0.4, -0.2) is 31.7 Å². The highest BCUT2D eigenvalue weighted by Crippen LogP contribution is 2.13. The summed E-state index contributed by atoms with van der Waals surface area (Å²) in [6.07, 6.45) is 0.584. The molecule has 0 bridgehead atoms. The molecule has 1 amide bonds. The molecule has 0 fully saturated rings. The molecule has 0 aliphatic carbocycles. The Morgan fingerprint density at radius 2 is 2.14 bits per heavy atom. The normalized spacial score (nSPS) is 11.4. The molecule has 0 atom stereocenters. The predicted molar refractivity (Wildman–Crippen MR) is 82.7 cm³/mol. The number of hydrogen-bond donors (Lipinski definition) is 1. The van der Waals surface area contributed by atoms with Crippen LogP contribution in [0.15, 0.2) is 28.7 Å². The summed E-state index contributed by atoms with van der Waals surface area (Å²) in [5.74, 6) is 0.463. The van der Waals surface area contributed by atoms with E-state index in [1.54, 1.807) is 0 Å². The first kappa shape index (κ1) is 15.6. The van der Waals surface area contributed by atoms with Crippen LogP contribution in [0.25, 0.3) is 0 Å². The number of nitrogens with zero attached hydrogens (tertiary/aromatic N) is 4. The van der Waals surface area contributed by atoms with Crippen LogP contribution < -0.4 is 5.32 Å². The Morgan fingerprint density at radius 1 is 1.38 bits per heavy atom. The second-order valence-electron chi connectivity index (χ2n) is 5.84. The third-order valence-electron chi connectivity index (χ3n) is 2.54. The summed E-state index contributed by atoms with van der Waals surface area (Å²) in [4.78, 5) is 13.1. The Kier molecular flexibility index (Phi) is 4.72. The van der Waals surface area contributed by atoms with Crippen molar-refractivity contribution < 1.29 is 4.79 Å². The van der Waals surface area contributed by atoms with Gasteiger partial charge in [0.25, 0.3) is 0 Å². The number of nitrogens with one attached hydrogen (secondary N) is 1. The summed E-state index contributed by atoms with van der Waals surface area (Å²) in [6.45, 7) is 5.86. The van der Waals surface area contributed by atoms with Gasteiger partial charge >= 0.3 is 0 Å². The molecule has 1 aromatic carbocycles. The highest BCUT2D eigenvalue weighted by atomic mass is 79.9. The van der Waals surface area contributed by atoms with E-state index in [1.807, 2.05) is 45.0 Å². The van der Waals surface area contributed by atoms with Gasteiger partial charge in [-0.2, -0.15) is 4.80 Å². The van der Waals surface area contributed by atoms with Crippen LogP contribution in [0.5, 0.6) is 0 Å². The lowest BCUT2D eigenvalue weighted by Gasteiger charge is -2.19. The third-order valence-corrected chi connectivity index (χ3v) is 3.04. The number of amides is 1. The Hall–Kier alpha value is -1.76. The third kappa shape index (κ3) is 5.26. The van der Waals surface area contributed by atoms with E-state index in [1.165, 1.54) is 4.80 Å². The largest absolute Gasteiger partial charge is 0.350 e. The molecule has 0 aliphatic rings. The quantitative estimate of drug-likeness (QED) is 0.913. The van der Waals surface area contributed by atoms with E-state index in [4.69, 9.17) is 0 Å². The summed E-state index contributed by atoms with van der Waals surface area (Å²) in [7, 11) is 0. The van der Waals surface area contributed by atoms with Gasteiger partial charge in [0.15, 0.2) is 5.82 Å². The van der Waals surface area contributed by atoms with Gasteiger partial charge in [-0.25, -0.2) is 0 Å². The van der Waals surface area contributed by atoms with Crippen molar-refractivity contribution in [2.24, 2.45) is 0 Å². The topological polar surface area (TPSA) is 72.7 Å². The summed E-state index contributed by atoms with van der Waals surface area (Å²) in [6, 6.07) is 7.93. The van der Waals surface area contributed by atoms with Crippen molar-refractivity contribution in [2.45, 2.75) is 39.3 Å². The van der Waals surface area contributed by atoms with Crippen molar-refractivity contribution in [2.75, 3.05) is 0 Å². The van der Waals surface area contributed by atoms with Gasteiger partial charge in [0.1, 0.15) is 6.54 Å². The van der Waals surface area contributed by atoms with E-state index >= 15 is 0 Å². The number of benzene rings is 1. The molecule has 0 unspecified atom stereocenters. The van der Waals surface area contributed by atoms with Gasteiger partial charge in [0.2, 0.25) is 5.91 Å². The summed E-state index contributed by atoms with van der Waals surface area (Å²) < 4.78 is 1.01. The molecule has 1 aromatic heterocycles. The predicted octanol–water partition coefficient (Wildman–Crippen LogP) is 1.94. The molecule has 1 heterocycles. The fourth-order valence-electron chi connectivity index (χ4n) is 1.83. The maximum Gasteiger partial charge on any atom is 0.244 e.